The SMILES string of the molecule is CC/C=C(/SNc1ccc(F)c(-c2ccc3nc(NF)ncc3c2)c1F)C(C)=NC.CN(C)C1CCCCC1. The molecule has 1 aliphatic rings. The number of nitrogens with one attached hydrogen (secondary N) is 2. The maximum atomic E-state index is 15.2. The number of halogens is 3. The summed E-state index contributed by atoms with van der Waals surface area (Å²) in [5, 5.41) is 0.529. The van der Waals surface area contributed by atoms with E-state index in [-0.39, 0.29) is 17.2 Å². The number of hydrogen-bond donors (Lipinski definition) is 2. The van der Waals surface area contributed by atoms with Gasteiger partial charge in [-0.3, -0.25) is 4.99 Å². The van der Waals surface area contributed by atoms with E-state index in [2.05, 4.69) is 38.7 Å². The highest BCUT2D eigenvalue weighted by Gasteiger charge is 2.17. The number of hydrogen-bond acceptors (Lipinski definition) is 7. The number of anilines is 2. The lowest BCUT2D eigenvalue weighted by molar-refractivity contribution is 0.229. The van der Waals surface area contributed by atoms with Crippen LogP contribution in [0, 0.1) is 11.6 Å². The molecule has 10 heteroatoms. The summed E-state index contributed by atoms with van der Waals surface area (Å²) >= 11 is 1.22. The maximum absolute atomic E-state index is 15.2. The Kier molecular flexibility index (Phi) is 11.6. The van der Waals surface area contributed by atoms with Crippen LogP contribution in [0.15, 0.2) is 52.5 Å². The number of rotatable bonds is 8. The summed E-state index contributed by atoms with van der Waals surface area (Å²) in [6.45, 7) is 3.86. The van der Waals surface area contributed by atoms with Crippen molar-refractivity contribution in [3.63, 3.8) is 0 Å². The third-order valence-corrected chi connectivity index (χ3v) is 7.71. The van der Waals surface area contributed by atoms with E-state index in [0.29, 0.717) is 16.5 Å². The van der Waals surface area contributed by atoms with Crippen LogP contribution in [-0.2, 0) is 0 Å². The molecule has 2 N–H and O–H groups in total. The van der Waals surface area contributed by atoms with Gasteiger partial charge in [0.25, 0.3) is 5.95 Å². The molecule has 3 aromatic rings. The van der Waals surface area contributed by atoms with Crippen molar-refractivity contribution in [1.29, 1.82) is 0 Å². The Morgan fingerprint density at radius 2 is 1.90 bits per heavy atom. The summed E-state index contributed by atoms with van der Waals surface area (Å²) in [6.07, 6.45) is 11.4. The average molecular weight is 559 g/mol. The van der Waals surface area contributed by atoms with Crippen molar-refractivity contribution in [2.75, 3.05) is 31.4 Å². The molecule has 0 radical (unpaired) electrons. The maximum Gasteiger partial charge on any atom is 0.251 e. The highest BCUT2D eigenvalue weighted by molar-refractivity contribution is 8.05. The topological polar surface area (TPSA) is 65.4 Å². The zero-order chi connectivity index (χ0) is 28.4. The van der Waals surface area contributed by atoms with E-state index in [4.69, 9.17) is 0 Å². The van der Waals surface area contributed by atoms with Crippen LogP contribution >= 0.6 is 11.9 Å². The molecule has 1 aromatic heterocycles. The van der Waals surface area contributed by atoms with Crippen LogP contribution in [0.1, 0.15) is 52.4 Å². The van der Waals surface area contributed by atoms with Gasteiger partial charge in [-0.2, -0.15) is 5.54 Å². The van der Waals surface area contributed by atoms with E-state index in [9.17, 15) is 8.87 Å². The standard InChI is InChI=1S/C21H20F3N5S.C8H17N/c1-4-5-18(12(2)25-3)30-29-17-9-7-15(22)19(20(17)23)13-6-8-16-14(10-13)11-26-21(27-16)28-24;1-9(2)8-6-4-3-5-7-8/h5-11,29H,4H2,1-3H3,(H,26,27,28);8H,3-7H2,1-2H3/b18-5+,25-12?;. The Morgan fingerprint density at radius 3 is 2.51 bits per heavy atom. The number of aliphatic imine (C=N–C) groups is 1. The summed E-state index contributed by atoms with van der Waals surface area (Å²) in [5.41, 5.74) is 2.94. The highest BCUT2D eigenvalue weighted by atomic mass is 32.2. The first kappa shape index (κ1) is 30.4. The Bertz CT molecular complexity index is 1310. The number of fused-ring (bicyclic) bond motifs is 1. The molecule has 0 bridgehead atoms. The van der Waals surface area contributed by atoms with Crippen molar-refractivity contribution < 1.29 is 13.3 Å². The van der Waals surface area contributed by atoms with Gasteiger partial charge in [-0.25, -0.2) is 18.7 Å². The van der Waals surface area contributed by atoms with E-state index in [1.54, 1.807) is 19.2 Å². The molecule has 0 unspecified atom stereocenters. The largest absolute Gasteiger partial charge is 0.323 e. The lowest BCUT2D eigenvalue weighted by Crippen LogP contribution is -2.29. The molecule has 1 fully saturated rings. The van der Waals surface area contributed by atoms with Crippen LogP contribution in [-0.4, -0.2) is 47.8 Å². The van der Waals surface area contributed by atoms with Crippen LogP contribution in [0.2, 0.25) is 0 Å². The molecular formula is C29H37F3N6S. The Balaban J connectivity index is 0.000000395. The summed E-state index contributed by atoms with van der Waals surface area (Å²) in [5.74, 6) is -1.59. The summed E-state index contributed by atoms with van der Waals surface area (Å²) in [4.78, 5) is 15.1. The molecule has 0 spiro atoms. The van der Waals surface area contributed by atoms with E-state index < -0.39 is 11.6 Å². The molecular weight excluding hydrogens is 521 g/mol. The predicted octanol–water partition coefficient (Wildman–Crippen LogP) is 8.20. The van der Waals surface area contributed by atoms with Gasteiger partial charge in [-0.05, 0) is 82.1 Å². The normalized spacial score (nSPS) is 14.8. The van der Waals surface area contributed by atoms with Gasteiger partial charge in [-0.1, -0.05) is 38.3 Å². The van der Waals surface area contributed by atoms with Gasteiger partial charge in [0.1, 0.15) is 5.82 Å². The first-order valence-electron chi connectivity index (χ1n) is 13.1. The number of allylic oxidation sites excluding steroid dienone is 2. The molecule has 4 rings (SSSR count). The Morgan fingerprint density at radius 1 is 1.15 bits per heavy atom. The summed E-state index contributed by atoms with van der Waals surface area (Å²) < 4.78 is 45.2. The van der Waals surface area contributed by atoms with Gasteiger partial charge in [0, 0.05) is 35.3 Å². The van der Waals surface area contributed by atoms with E-state index in [1.165, 1.54) is 74.0 Å². The van der Waals surface area contributed by atoms with Crippen molar-refractivity contribution in [1.82, 2.24) is 14.9 Å². The van der Waals surface area contributed by atoms with Crippen LogP contribution in [0.5, 0.6) is 0 Å². The van der Waals surface area contributed by atoms with E-state index in [1.807, 2.05) is 19.9 Å². The van der Waals surface area contributed by atoms with Gasteiger partial charge in [0.2, 0.25) is 0 Å². The minimum absolute atomic E-state index is 0.149. The number of aromatic nitrogens is 2. The second kappa shape index (κ2) is 14.9. The fourth-order valence-corrected chi connectivity index (χ4v) is 5.26. The Labute approximate surface area is 233 Å². The zero-order valence-electron chi connectivity index (χ0n) is 23.2. The highest BCUT2D eigenvalue weighted by Crippen LogP contribution is 2.34. The van der Waals surface area contributed by atoms with Crippen LogP contribution in [0.3, 0.4) is 0 Å². The first-order chi connectivity index (χ1) is 18.8. The smallest absolute Gasteiger partial charge is 0.251 e. The molecule has 210 valence electrons. The summed E-state index contributed by atoms with van der Waals surface area (Å²) in [7, 11) is 6.07. The predicted molar refractivity (Wildman–Crippen MR) is 159 cm³/mol. The van der Waals surface area contributed by atoms with Gasteiger partial charge < -0.3 is 9.62 Å². The number of benzene rings is 2. The van der Waals surface area contributed by atoms with Gasteiger partial charge in [0.05, 0.1) is 16.8 Å². The first-order valence-corrected chi connectivity index (χ1v) is 14.0. The second-order valence-corrected chi connectivity index (χ2v) is 10.4. The molecule has 0 atom stereocenters. The van der Waals surface area contributed by atoms with Crippen LogP contribution < -0.4 is 10.3 Å². The van der Waals surface area contributed by atoms with Crippen LogP contribution in [0.4, 0.5) is 24.9 Å². The van der Waals surface area contributed by atoms with E-state index in [0.717, 1.165) is 23.1 Å². The second-order valence-electron chi connectivity index (χ2n) is 9.59. The monoisotopic (exact) mass is 558 g/mol. The van der Waals surface area contributed by atoms with Crippen molar-refractivity contribution in [2.45, 2.75) is 58.4 Å². The van der Waals surface area contributed by atoms with Gasteiger partial charge in [0.15, 0.2) is 5.82 Å². The molecule has 1 heterocycles. The molecule has 39 heavy (non-hydrogen) atoms. The molecule has 6 nitrogen and oxygen atoms in total. The minimum Gasteiger partial charge on any atom is -0.323 e. The Hall–Kier alpha value is -3.11. The quantitative estimate of drug-likeness (QED) is 0.165. The average Bonchev–Trinajstić information content (AvgIpc) is 2.96. The lowest BCUT2D eigenvalue weighted by atomic mass is 9.95. The fourth-order valence-electron chi connectivity index (χ4n) is 4.40. The lowest BCUT2D eigenvalue weighted by Gasteiger charge is -2.27. The zero-order valence-corrected chi connectivity index (χ0v) is 24.0. The van der Waals surface area contributed by atoms with Crippen molar-refractivity contribution in [3.05, 3.63) is 59.1 Å². The fraction of sp³-hybridized carbons (Fsp3) is 0.414. The molecule has 1 saturated carbocycles. The molecule has 0 amide bonds. The van der Waals surface area contributed by atoms with Gasteiger partial charge in [-0.15, -0.1) is 4.48 Å². The van der Waals surface area contributed by atoms with Crippen LogP contribution in [0.25, 0.3) is 22.0 Å². The van der Waals surface area contributed by atoms with Crippen molar-refractivity contribution in [2.24, 2.45) is 4.99 Å². The number of nitrogens with zero attached hydrogens (tertiary/aromatic N) is 4. The molecule has 1 aliphatic carbocycles. The van der Waals surface area contributed by atoms with E-state index >= 15 is 4.39 Å². The molecule has 2 aromatic carbocycles. The molecule has 0 saturated heterocycles. The van der Waals surface area contributed by atoms with Gasteiger partial charge >= 0.3 is 0 Å². The van der Waals surface area contributed by atoms with Crippen molar-refractivity contribution >= 4 is 40.2 Å². The molecule has 0 aliphatic heterocycles. The summed E-state index contributed by atoms with van der Waals surface area (Å²) in [6, 6.07) is 8.11. The third kappa shape index (κ3) is 8.19. The third-order valence-electron chi connectivity index (χ3n) is 6.70. The van der Waals surface area contributed by atoms with Crippen molar-refractivity contribution in [3.8, 4) is 11.1 Å². The minimum atomic E-state index is -0.716.